The van der Waals surface area contributed by atoms with Crippen LogP contribution in [0.15, 0.2) is 42.7 Å². The van der Waals surface area contributed by atoms with E-state index in [4.69, 9.17) is 0 Å². The Labute approximate surface area is 123 Å². The molecule has 0 spiro atoms. The Balaban J connectivity index is 1.74. The number of hydrogen-bond donors (Lipinski definition) is 2. The molecule has 0 radical (unpaired) electrons. The summed E-state index contributed by atoms with van der Waals surface area (Å²) < 4.78 is 27.5. The van der Waals surface area contributed by atoms with E-state index in [2.05, 4.69) is 10.3 Å². The van der Waals surface area contributed by atoms with Gasteiger partial charge in [0.2, 0.25) is 0 Å². The van der Waals surface area contributed by atoms with E-state index in [9.17, 15) is 18.7 Å². The zero-order chi connectivity index (χ0) is 15.7. The molecule has 2 aromatic heterocycles. The second-order valence-corrected chi connectivity index (χ2v) is 4.67. The van der Waals surface area contributed by atoms with Crippen molar-refractivity contribution < 1.29 is 18.7 Å². The lowest BCUT2D eigenvalue weighted by molar-refractivity contribution is 0.0950. The summed E-state index contributed by atoms with van der Waals surface area (Å²) in [5, 5.41) is 12.2. The van der Waals surface area contributed by atoms with Crippen molar-refractivity contribution in [3.63, 3.8) is 0 Å². The van der Waals surface area contributed by atoms with Crippen LogP contribution < -0.4 is 5.32 Å². The van der Waals surface area contributed by atoms with Gasteiger partial charge < -0.3 is 14.8 Å². The molecule has 0 aliphatic carbocycles. The Bertz CT molecular complexity index is 861. The topological polar surface area (TPSA) is 66.6 Å². The summed E-state index contributed by atoms with van der Waals surface area (Å²) >= 11 is 0. The number of rotatable bonds is 3. The third-order valence-corrected chi connectivity index (χ3v) is 3.12. The lowest BCUT2D eigenvalue weighted by Crippen LogP contribution is -2.23. The number of halogens is 2. The van der Waals surface area contributed by atoms with E-state index in [1.807, 2.05) is 0 Å². The van der Waals surface area contributed by atoms with Gasteiger partial charge >= 0.3 is 0 Å². The summed E-state index contributed by atoms with van der Waals surface area (Å²) in [6, 6.07) is 6.09. The van der Waals surface area contributed by atoms with E-state index >= 15 is 0 Å². The highest BCUT2D eigenvalue weighted by Crippen LogP contribution is 2.16. The molecule has 2 N–H and O–H groups in total. The van der Waals surface area contributed by atoms with Crippen LogP contribution >= 0.6 is 0 Å². The minimum absolute atomic E-state index is 0.0190. The summed E-state index contributed by atoms with van der Waals surface area (Å²) in [7, 11) is 0. The van der Waals surface area contributed by atoms with Crippen LogP contribution in [0.4, 0.5) is 8.78 Å². The zero-order valence-corrected chi connectivity index (χ0v) is 11.3. The van der Waals surface area contributed by atoms with Crippen molar-refractivity contribution in [3.05, 3.63) is 65.6 Å². The van der Waals surface area contributed by atoms with Crippen molar-refractivity contribution in [1.82, 2.24) is 14.7 Å². The number of aromatic hydroxyl groups is 1. The number of nitrogens with one attached hydrogen (secondary N) is 1. The first-order chi connectivity index (χ1) is 10.5. The number of hydrogen-bond acceptors (Lipinski definition) is 3. The van der Waals surface area contributed by atoms with Crippen molar-refractivity contribution in [2.24, 2.45) is 0 Å². The van der Waals surface area contributed by atoms with E-state index in [1.54, 1.807) is 22.9 Å². The Morgan fingerprint density at radius 2 is 2.09 bits per heavy atom. The maximum Gasteiger partial charge on any atom is 0.251 e. The first-order valence-electron chi connectivity index (χ1n) is 6.43. The second kappa shape index (κ2) is 5.44. The summed E-state index contributed by atoms with van der Waals surface area (Å²) in [4.78, 5) is 16.1. The smallest absolute Gasteiger partial charge is 0.251 e. The third kappa shape index (κ3) is 2.60. The summed E-state index contributed by atoms with van der Waals surface area (Å²) in [6.45, 7) is 0.0962. The molecule has 0 bridgehead atoms. The van der Waals surface area contributed by atoms with Crippen LogP contribution in [0, 0.1) is 11.6 Å². The normalized spacial score (nSPS) is 10.8. The lowest BCUT2D eigenvalue weighted by atomic mass is 10.2. The number of nitrogens with zero attached hydrogens (tertiary/aromatic N) is 2. The Morgan fingerprint density at radius 1 is 1.27 bits per heavy atom. The number of carbonyl (C=O) groups is 1. The second-order valence-electron chi connectivity index (χ2n) is 4.67. The molecule has 22 heavy (non-hydrogen) atoms. The summed E-state index contributed by atoms with van der Waals surface area (Å²) in [5.74, 6) is -2.60. The fourth-order valence-corrected chi connectivity index (χ4v) is 2.04. The molecule has 0 atom stereocenters. The van der Waals surface area contributed by atoms with Gasteiger partial charge in [-0.25, -0.2) is 13.8 Å². The number of pyridine rings is 1. The SMILES string of the molecule is O=C(NCc1cn2cccc(O)c2n1)c1ccc(F)c(F)c1. The van der Waals surface area contributed by atoms with E-state index in [1.165, 1.54) is 12.1 Å². The molecule has 0 saturated heterocycles. The number of imidazole rings is 1. The Kier molecular flexibility index (Phi) is 3.46. The predicted molar refractivity (Wildman–Crippen MR) is 74.4 cm³/mol. The molecule has 1 aromatic carbocycles. The minimum atomic E-state index is -1.08. The highest BCUT2D eigenvalue weighted by molar-refractivity contribution is 5.94. The Hall–Kier alpha value is -2.96. The molecular formula is C15H11F2N3O2. The number of carbonyl (C=O) groups excluding carboxylic acids is 1. The zero-order valence-electron chi connectivity index (χ0n) is 11.3. The molecule has 0 aliphatic rings. The van der Waals surface area contributed by atoms with E-state index in [0.29, 0.717) is 11.3 Å². The van der Waals surface area contributed by atoms with Crippen LogP contribution in [-0.4, -0.2) is 20.4 Å². The van der Waals surface area contributed by atoms with Gasteiger partial charge in [-0.2, -0.15) is 0 Å². The number of fused-ring (bicyclic) bond motifs is 1. The first-order valence-corrected chi connectivity index (χ1v) is 6.43. The fraction of sp³-hybridized carbons (Fsp3) is 0.0667. The summed E-state index contributed by atoms with van der Waals surface area (Å²) in [6.07, 6.45) is 3.36. The quantitative estimate of drug-likeness (QED) is 0.780. The average Bonchev–Trinajstić information content (AvgIpc) is 2.92. The molecule has 1 amide bonds. The molecule has 0 fully saturated rings. The average molecular weight is 303 g/mol. The predicted octanol–water partition coefficient (Wildman–Crippen LogP) is 2.25. The van der Waals surface area contributed by atoms with Crippen LogP contribution in [0.3, 0.4) is 0 Å². The van der Waals surface area contributed by atoms with Crippen molar-refractivity contribution >= 4 is 11.6 Å². The van der Waals surface area contributed by atoms with Crippen molar-refractivity contribution in [3.8, 4) is 5.75 Å². The molecule has 5 nitrogen and oxygen atoms in total. The van der Waals surface area contributed by atoms with Gasteiger partial charge in [-0.3, -0.25) is 4.79 Å². The maximum absolute atomic E-state index is 13.1. The van der Waals surface area contributed by atoms with Crippen molar-refractivity contribution in [1.29, 1.82) is 0 Å². The number of benzene rings is 1. The third-order valence-electron chi connectivity index (χ3n) is 3.12. The van der Waals surface area contributed by atoms with Gasteiger partial charge in [0.1, 0.15) is 0 Å². The van der Waals surface area contributed by atoms with E-state index in [-0.39, 0.29) is 17.9 Å². The molecule has 0 saturated carbocycles. The number of aromatic nitrogens is 2. The minimum Gasteiger partial charge on any atom is -0.504 e. The largest absolute Gasteiger partial charge is 0.504 e. The highest BCUT2D eigenvalue weighted by Gasteiger charge is 2.11. The summed E-state index contributed by atoms with van der Waals surface area (Å²) in [5.41, 5.74) is 0.919. The maximum atomic E-state index is 13.1. The van der Waals surface area contributed by atoms with Gasteiger partial charge in [0.25, 0.3) is 5.91 Å². The van der Waals surface area contributed by atoms with Crippen molar-refractivity contribution in [2.75, 3.05) is 0 Å². The van der Waals surface area contributed by atoms with Gasteiger partial charge in [0.15, 0.2) is 23.0 Å². The van der Waals surface area contributed by atoms with Gasteiger partial charge in [0.05, 0.1) is 12.2 Å². The molecule has 2 heterocycles. The van der Waals surface area contributed by atoms with Crippen molar-refractivity contribution in [2.45, 2.75) is 6.54 Å². The van der Waals surface area contributed by atoms with Gasteiger partial charge in [-0.15, -0.1) is 0 Å². The van der Waals surface area contributed by atoms with Gasteiger partial charge in [-0.05, 0) is 30.3 Å². The van der Waals surface area contributed by atoms with Crippen LogP contribution in [-0.2, 0) is 6.54 Å². The molecule has 3 aromatic rings. The molecule has 7 heteroatoms. The molecular weight excluding hydrogens is 292 g/mol. The van der Waals surface area contributed by atoms with Crippen LogP contribution in [0.5, 0.6) is 5.75 Å². The monoisotopic (exact) mass is 303 g/mol. The molecule has 0 unspecified atom stereocenters. The van der Waals surface area contributed by atoms with Crippen LogP contribution in [0.1, 0.15) is 16.1 Å². The first kappa shape index (κ1) is 14.0. The molecule has 112 valence electrons. The lowest BCUT2D eigenvalue weighted by Gasteiger charge is -2.03. The molecule has 0 aliphatic heterocycles. The van der Waals surface area contributed by atoms with E-state index in [0.717, 1.165) is 12.1 Å². The van der Waals surface area contributed by atoms with Gasteiger partial charge in [0, 0.05) is 18.0 Å². The number of amides is 1. The Morgan fingerprint density at radius 3 is 2.82 bits per heavy atom. The fourth-order valence-electron chi connectivity index (χ4n) is 2.04. The van der Waals surface area contributed by atoms with Crippen LogP contribution in [0.25, 0.3) is 5.65 Å². The standard InChI is InChI=1S/C15H11F2N3O2/c16-11-4-3-9(6-12(11)17)15(22)18-7-10-8-20-5-1-2-13(21)14(20)19-10/h1-6,8,21H,7H2,(H,18,22). The molecule has 3 rings (SSSR count). The van der Waals surface area contributed by atoms with E-state index < -0.39 is 17.5 Å². The van der Waals surface area contributed by atoms with Gasteiger partial charge in [-0.1, -0.05) is 0 Å². The van der Waals surface area contributed by atoms with Crippen LogP contribution in [0.2, 0.25) is 0 Å². The highest BCUT2D eigenvalue weighted by atomic mass is 19.2.